The van der Waals surface area contributed by atoms with E-state index >= 15 is 0 Å². The van der Waals surface area contributed by atoms with Crippen LogP contribution >= 0.6 is 0 Å². The molecule has 0 atom stereocenters. The predicted molar refractivity (Wildman–Crippen MR) is 111 cm³/mol. The lowest BCUT2D eigenvalue weighted by molar-refractivity contribution is 0.0658. The molecule has 1 aliphatic heterocycles. The molecule has 1 fully saturated rings. The quantitative estimate of drug-likeness (QED) is 0.739. The van der Waals surface area contributed by atoms with E-state index in [1.165, 1.54) is 6.07 Å². The van der Waals surface area contributed by atoms with E-state index in [-0.39, 0.29) is 11.7 Å². The van der Waals surface area contributed by atoms with Gasteiger partial charge in [0, 0.05) is 37.8 Å². The molecule has 7 heteroatoms. The zero-order valence-electron chi connectivity index (χ0n) is 16.2. The smallest absolute Gasteiger partial charge is 0.272 e. The van der Waals surface area contributed by atoms with E-state index in [0.717, 1.165) is 18.7 Å². The summed E-state index contributed by atoms with van der Waals surface area (Å²) in [5.41, 5.74) is 1.38. The average molecular weight is 391 g/mol. The molecule has 0 unspecified atom stereocenters. The van der Waals surface area contributed by atoms with Gasteiger partial charge < -0.3 is 15.1 Å². The molecule has 29 heavy (non-hydrogen) atoms. The lowest BCUT2D eigenvalue weighted by atomic mass is 10.2. The highest BCUT2D eigenvalue weighted by molar-refractivity contribution is 5.93. The Kier molecular flexibility index (Phi) is 5.48. The lowest BCUT2D eigenvalue weighted by Gasteiger charge is -2.32. The van der Waals surface area contributed by atoms with Gasteiger partial charge in [0.15, 0.2) is 5.82 Å². The van der Waals surface area contributed by atoms with E-state index in [0.29, 0.717) is 36.1 Å². The number of carbonyl (C=O) groups excluding carboxylic acids is 1. The van der Waals surface area contributed by atoms with Crippen LogP contribution in [0, 0.1) is 5.82 Å². The summed E-state index contributed by atoms with van der Waals surface area (Å²) in [5, 5.41) is 2.98. The first-order chi connectivity index (χ1) is 14.1. The third kappa shape index (κ3) is 4.41. The molecule has 4 rings (SSSR count). The number of nitrogens with one attached hydrogen (secondary N) is 1. The molecule has 0 bridgehead atoms. The molecule has 2 aromatic carbocycles. The fraction of sp³-hybridized carbons (Fsp3) is 0.227. The standard InChI is InChI=1S/C22H22FN5O/c1-27-11-13-28(14-12-27)22(29)19-15-20(24-18-10-6-5-9-17(18)23)26-21(25-19)16-7-3-2-4-8-16/h2-10,15H,11-14H2,1H3,(H,24,25,26). The summed E-state index contributed by atoms with van der Waals surface area (Å²) in [4.78, 5) is 26.1. The van der Waals surface area contributed by atoms with Crippen LogP contribution in [0.3, 0.4) is 0 Å². The first-order valence-electron chi connectivity index (χ1n) is 9.54. The summed E-state index contributed by atoms with van der Waals surface area (Å²) in [6.07, 6.45) is 0. The molecule has 0 aliphatic carbocycles. The molecule has 0 spiro atoms. The predicted octanol–water partition coefficient (Wildman–Crippen LogP) is 3.41. The molecular weight excluding hydrogens is 369 g/mol. The molecule has 6 nitrogen and oxygen atoms in total. The maximum atomic E-state index is 14.1. The van der Waals surface area contributed by atoms with E-state index in [2.05, 4.69) is 20.2 Å². The second-order valence-corrected chi connectivity index (χ2v) is 7.03. The van der Waals surface area contributed by atoms with Gasteiger partial charge in [0.2, 0.25) is 0 Å². The van der Waals surface area contributed by atoms with Crippen molar-refractivity contribution >= 4 is 17.4 Å². The van der Waals surface area contributed by atoms with Crippen molar-refractivity contribution in [1.82, 2.24) is 19.8 Å². The second-order valence-electron chi connectivity index (χ2n) is 7.03. The summed E-state index contributed by atoms with van der Waals surface area (Å²) in [6, 6.07) is 17.4. The van der Waals surface area contributed by atoms with Crippen molar-refractivity contribution in [2.24, 2.45) is 0 Å². The van der Waals surface area contributed by atoms with Crippen molar-refractivity contribution in [3.8, 4) is 11.4 Å². The number of para-hydroxylation sites is 1. The SMILES string of the molecule is CN1CCN(C(=O)c2cc(Nc3ccccc3F)nc(-c3ccccc3)n2)CC1. The van der Waals surface area contributed by atoms with Gasteiger partial charge in [-0.2, -0.15) is 0 Å². The first kappa shape index (κ1) is 19.0. The lowest BCUT2D eigenvalue weighted by Crippen LogP contribution is -2.47. The van der Waals surface area contributed by atoms with Gasteiger partial charge in [-0.05, 0) is 19.2 Å². The van der Waals surface area contributed by atoms with Crippen LogP contribution < -0.4 is 5.32 Å². The van der Waals surface area contributed by atoms with E-state index in [1.807, 2.05) is 37.4 Å². The van der Waals surface area contributed by atoms with E-state index in [1.54, 1.807) is 29.2 Å². The maximum Gasteiger partial charge on any atom is 0.272 e. The van der Waals surface area contributed by atoms with Crippen molar-refractivity contribution in [3.05, 3.63) is 72.2 Å². The molecular formula is C22H22FN5O. The molecule has 0 radical (unpaired) electrons. The van der Waals surface area contributed by atoms with E-state index < -0.39 is 0 Å². The van der Waals surface area contributed by atoms with Crippen LogP contribution in [0.25, 0.3) is 11.4 Å². The zero-order valence-corrected chi connectivity index (χ0v) is 16.2. The van der Waals surface area contributed by atoms with Crippen molar-refractivity contribution in [3.63, 3.8) is 0 Å². The number of anilines is 2. The van der Waals surface area contributed by atoms with Crippen LogP contribution in [0.5, 0.6) is 0 Å². The van der Waals surface area contributed by atoms with Crippen molar-refractivity contribution in [1.29, 1.82) is 0 Å². The number of nitrogens with zero attached hydrogens (tertiary/aromatic N) is 4. The number of amides is 1. The van der Waals surface area contributed by atoms with Gasteiger partial charge in [-0.1, -0.05) is 42.5 Å². The Morgan fingerprint density at radius 1 is 0.966 bits per heavy atom. The van der Waals surface area contributed by atoms with Gasteiger partial charge in [0.05, 0.1) is 5.69 Å². The number of likely N-dealkylation sites (N-methyl/N-ethyl adjacent to an activating group) is 1. The molecule has 1 N–H and O–H groups in total. The minimum absolute atomic E-state index is 0.144. The number of piperazine rings is 1. The van der Waals surface area contributed by atoms with Crippen LogP contribution in [0.15, 0.2) is 60.7 Å². The number of aromatic nitrogens is 2. The Bertz CT molecular complexity index is 1000. The zero-order chi connectivity index (χ0) is 20.2. The average Bonchev–Trinajstić information content (AvgIpc) is 2.76. The normalized spacial score (nSPS) is 14.6. The second kappa shape index (κ2) is 8.36. The van der Waals surface area contributed by atoms with Gasteiger partial charge in [-0.15, -0.1) is 0 Å². The third-order valence-corrected chi connectivity index (χ3v) is 4.90. The number of carbonyl (C=O) groups is 1. The van der Waals surface area contributed by atoms with Gasteiger partial charge >= 0.3 is 0 Å². The summed E-state index contributed by atoms with van der Waals surface area (Å²) in [7, 11) is 2.04. The topological polar surface area (TPSA) is 61.4 Å². The highest BCUT2D eigenvalue weighted by Crippen LogP contribution is 2.23. The Balaban J connectivity index is 1.70. The van der Waals surface area contributed by atoms with E-state index in [4.69, 9.17) is 0 Å². The van der Waals surface area contributed by atoms with Crippen LogP contribution in [0.2, 0.25) is 0 Å². The molecule has 148 valence electrons. The van der Waals surface area contributed by atoms with Crippen LogP contribution in [-0.4, -0.2) is 58.9 Å². The Morgan fingerprint density at radius 3 is 2.38 bits per heavy atom. The summed E-state index contributed by atoms with van der Waals surface area (Å²) in [6.45, 7) is 2.94. The number of halogens is 1. The Morgan fingerprint density at radius 2 is 1.66 bits per heavy atom. The Labute approximate surface area is 169 Å². The molecule has 1 amide bonds. The van der Waals surface area contributed by atoms with Gasteiger partial charge in [-0.25, -0.2) is 14.4 Å². The van der Waals surface area contributed by atoms with Crippen molar-refractivity contribution in [2.45, 2.75) is 0 Å². The summed E-state index contributed by atoms with van der Waals surface area (Å²) in [5.74, 6) is 0.263. The van der Waals surface area contributed by atoms with Crippen molar-refractivity contribution < 1.29 is 9.18 Å². The summed E-state index contributed by atoms with van der Waals surface area (Å²) < 4.78 is 14.1. The number of hydrogen-bond donors (Lipinski definition) is 1. The van der Waals surface area contributed by atoms with Gasteiger partial charge in [0.1, 0.15) is 17.3 Å². The minimum atomic E-state index is -0.390. The largest absolute Gasteiger partial charge is 0.338 e. The van der Waals surface area contributed by atoms with Crippen LogP contribution in [0.1, 0.15) is 10.5 Å². The van der Waals surface area contributed by atoms with Crippen molar-refractivity contribution in [2.75, 3.05) is 38.5 Å². The number of rotatable bonds is 4. The molecule has 0 saturated carbocycles. The van der Waals surface area contributed by atoms with Gasteiger partial charge in [-0.3, -0.25) is 4.79 Å². The number of hydrogen-bond acceptors (Lipinski definition) is 5. The molecule has 3 aromatic rings. The first-order valence-corrected chi connectivity index (χ1v) is 9.54. The highest BCUT2D eigenvalue weighted by Gasteiger charge is 2.23. The molecule has 1 aromatic heterocycles. The summed E-state index contributed by atoms with van der Waals surface area (Å²) >= 11 is 0. The molecule has 1 aliphatic rings. The molecule has 2 heterocycles. The maximum absolute atomic E-state index is 14.1. The van der Waals surface area contributed by atoms with Gasteiger partial charge in [0.25, 0.3) is 5.91 Å². The van der Waals surface area contributed by atoms with Crippen LogP contribution in [0.4, 0.5) is 15.9 Å². The fourth-order valence-corrected chi connectivity index (χ4v) is 3.21. The number of benzene rings is 2. The third-order valence-electron chi connectivity index (χ3n) is 4.90. The minimum Gasteiger partial charge on any atom is -0.338 e. The molecule has 1 saturated heterocycles. The fourth-order valence-electron chi connectivity index (χ4n) is 3.21. The highest BCUT2D eigenvalue weighted by atomic mass is 19.1. The Hall–Kier alpha value is -3.32. The van der Waals surface area contributed by atoms with Crippen LogP contribution in [-0.2, 0) is 0 Å². The van der Waals surface area contributed by atoms with E-state index in [9.17, 15) is 9.18 Å². The monoisotopic (exact) mass is 391 g/mol.